The van der Waals surface area contributed by atoms with E-state index < -0.39 is 0 Å². The first-order chi connectivity index (χ1) is 8.70. The fourth-order valence-corrected chi connectivity index (χ4v) is 1.43. The van der Waals surface area contributed by atoms with Crippen molar-refractivity contribution >= 4 is 5.84 Å². The van der Waals surface area contributed by atoms with Gasteiger partial charge in [-0.3, -0.25) is 0 Å². The van der Waals surface area contributed by atoms with Crippen LogP contribution in [0.5, 0.6) is 17.2 Å². The molecule has 92 valence electrons. The van der Waals surface area contributed by atoms with Crippen LogP contribution < -0.4 is 10.5 Å². The first kappa shape index (κ1) is 11.8. The van der Waals surface area contributed by atoms with Gasteiger partial charge in [-0.25, -0.2) is 0 Å². The van der Waals surface area contributed by atoms with Crippen LogP contribution in [-0.2, 0) is 0 Å². The molecule has 0 fully saturated rings. The lowest BCUT2D eigenvalue weighted by Gasteiger charge is -2.08. The molecule has 0 amide bonds. The Kier molecular flexibility index (Phi) is 3.33. The molecule has 0 aliphatic carbocycles. The lowest BCUT2D eigenvalue weighted by atomic mass is 10.2. The molecule has 4 N–H and O–H groups in total. The van der Waals surface area contributed by atoms with Crippen molar-refractivity contribution in [1.82, 2.24) is 0 Å². The molecule has 0 atom stereocenters. The Labute approximate surface area is 104 Å². The Morgan fingerprint density at radius 1 is 1.11 bits per heavy atom. The Balaban J connectivity index is 2.33. The highest BCUT2D eigenvalue weighted by atomic mass is 16.5. The number of amidine groups is 1. The highest BCUT2D eigenvalue weighted by Gasteiger charge is 2.07. The van der Waals surface area contributed by atoms with Crippen LogP contribution in [0, 0.1) is 0 Å². The van der Waals surface area contributed by atoms with Crippen LogP contribution in [0.1, 0.15) is 5.56 Å². The highest BCUT2D eigenvalue weighted by molar-refractivity contribution is 5.97. The van der Waals surface area contributed by atoms with Gasteiger partial charge in [-0.1, -0.05) is 23.4 Å². The van der Waals surface area contributed by atoms with E-state index in [9.17, 15) is 5.11 Å². The number of ether oxygens (including phenoxy) is 1. The molecular weight excluding hydrogens is 232 g/mol. The topological polar surface area (TPSA) is 88.1 Å². The van der Waals surface area contributed by atoms with Gasteiger partial charge in [0.15, 0.2) is 17.3 Å². The molecule has 0 saturated carbocycles. The van der Waals surface area contributed by atoms with Gasteiger partial charge >= 0.3 is 0 Å². The maximum atomic E-state index is 9.68. The zero-order chi connectivity index (χ0) is 13.0. The van der Waals surface area contributed by atoms with Gasteiger partial charge in [-0.2, -0.15) is 0 Å². The molecule has 0 aliphatic heterocycles. The van der Waals surface area contributed by atoms with Crippen molar-refractivity contribution < 1.29 is 15.1 Å². The zero-order valence-corrected chi connectivity index (χ0v) is 9.45. The highest BCUT2D eigenvalue weighted by Crippen LogP contribution is 2.31. The van der Waals surface area contributed by atoms with Crippen LogP contribution in [0.15, 0.2) is 53.7 Å². The zero-order valence-electron chi connectivity index (χ0n) is 9.45. The van der Waals surface area contributed by atoms with E-state index in [1.807, 2.05) is 18.2 Å². The lowest BCUT2D eigenvalue weighted by Crippen LogP contribution is -2.12. The predicted octanol–water partition coefficient (Wildman–Crippen LogP) is 2.28. The van der Waals surface area contributed by atoms with Gasteiger partial charge in [-0.15, -0.1) is 0 Å². The second-order valence-corrected chi connectivity index (χ2v) is 3.58. The van der Waals surface area contributed by atoms with E-state index >= 15 is 0 Å². The number of aromatic hydroxyl groups is 1. The minimum absolute atomic E-state index is 0.0201. The molecule has 0 unspecified atom stereocenters. The number of hydrogen-bond acceptors (Lipinski definition) is 4. The summed E-state index contributed by atoms with van der Waals surface area (Å²) in [4.78, 5) is 0. The Bertz CT molecular complexity index is 568. The number of rotatable bonds is 3. The average molecular weight is 244 g/mol. The summed E-state index contributed by atoms with van der Waals surface area (Å²) in [6.45, 7) is 0. The van der Waals surface area contributed by atoms with E-state index in [0.29, 0.717) is 11.3 Å². The number of benzene rings is 2. The van der Waals surface area contributed by atoms with Crippen molar-refractivity contribution in [1.29, 1.82) is 0 Å². The second-order valence-electron chi connectivity index (χ2n) is 3.58. The summed E-state index contributed by atoms with van der Waals surface area (Å²) in [6.07, 6.45) is 0. The van der Waals surface area contributed by atoms with Crippen LogP contribution in [0.25, 0.3) is 0 Å². The van der Waals surface area contributed by atoms with Crippen molar-refractivity contribution in [3.05, 3.63) is 54.1 Å². The molecule has 18 heavy (non-hydrogen) atoms. The quantitative estimate of drug-likeness (QED) is 0.334. The largest absolute Gasteiger partial charge is 0.504 e. The summed E-state index contributed by atoms with van der Waals surface area (Å²) in [6, 6.07) is 13.5. The van der Waals surface area contributed by atoms with E-state index in [0.717, 1.165) is 0 Å². The Morgan fingerprint density at radius 2 is 1.83 bits per heavy atom. The number of oxime groups is 1. The number of phenolic OH excluding ortho intramolecular Hbond substituents is 1. The van der Waals surface area contributed by atoms with Crippen molar-refractivity contribution in [2.45, 2.75) is 0 Å². The van der Waals surface area contributed by atoms with Gasteiger partial charge in [0.1, 0.15) is 5.75 Å². The monoisotopic (exact) mass is 244 g/mol. The fourth-order valence-electron chi connectivity index (χ4n) is 1.43. The van der Waals surface area contributed by atoms with Crippen molar-refractivity contribution in [3.63, 3.8) is 0 Å². The normalized spacial score (nSPS) is 11.2. The minimum atomic E-state index is -0.0482. The Hall–Kier alpha value is -2.69. The number of hydrogen-bond donors (Lipinski definition) is 3. The fraction of sp³-hybridized carbons (Fsp3) is 0. The number of para-hydroxylation sites is 1. The van der Waals surface area contributed by atoms with Crippen LogP contribution >= 0.6 is 0 Å². The van der Waals surface area contributed by atoms with E-state index in [-0.39, 0.29) is 17.3 Å². The molecule has 2 aromatic rings. The van der Waals surface area contributed by atoms with Gasteiger partial charge in [0, 0.05) is 5.56 Å². The van der Waals surface area contributed by atoms with Crippen molar-refractivity contribution in [2.75, 3.05) is 0 Å². The van der Waals surface area contributed by atoms with E-state index in [1.54, 1.807) is 12.1 Å². The number of nitrogens with two attached hydrogens (primary N) is 1. The third-order valence-electron chi connectivity index (χ3n) is 2.33. The van der Waals surface area contributed by atoms with E-state index in [1.165, 1.54) is 18.2 Å². The molecule has 0 bridgehead atoms. The molecule has 0 radical (unpaired) electrons. The van der Waals surface area contributed by atoms with Gasteiger partial charge < -0.3 is 20.8 Å². The van der Waals surface area contributed by atoms with Crippen molar-refractivity contribution in [2.24, 2.45) is 10.9 Å². The average Bonchev–Trinajstić information content (AvgIpc) is 2.41. The van der Waals surface area contributed by atoms with Gasteiger partial charge in [0.05, 0.1) is 0 Å². The maximum Gasteiger partial charge on any atom is 0.170 e. The molecule has 0 saturated heterocycles. The summed E-state index contributed by atoms with van der Waals surface area (Å²) >= 11 is 0. The van der Waals surface area contributed by atoms with Crippen LogP contribution in [0.4, 0.5) is 0 Å². The van der Waals surface area contributed by atoms with Gasteiger partial charge in [-0.05, 0) is 30.3 Å². The van der Waals surface area contributed by atoms with E-state index in [2.05, 4.69) is 5.16 Å². The molecule has 2 rings (SSSR count). The molecule has 2 aromatic carbocycles. The third-order valence-corrected chi connectivity index (χ3v) is 2.33. The van der Waals surface area contributed by atoms with Gasteiger partial charge in [0.25, 0.3) is 0 Å². The molecule has 0 aliphatic rings. The second kappa shape index (κ2) is 5.09. The maximum absolute atomic E-state index is 9.68. The standard InChI is InChI=1S/C13H12N2O3/c14-13(15-17)9-6-7-11(16)12(8-9)18-10-4-2-1-3-5-10/h1-8,16-17H,(H2,14,15). The molecular formula is C13H12N2O3. The summed E-state index contributed by atoms with van der Waals surface area (Å²) in [5.41, 5.74) is 5.93. The smallest absolute Gasteiger partial charge is 0.170 e. The summed E-state index contributed by atoms with van der Waals surface area (Å²) in [5, 5.41) is 21.2. The molecule has 0 aromatic heterocycles. The summed E-state index contributed by atoms with van der Waals surface area (Å²) < 4.78 is 5.50. The van der Waals surface area contributed by atoms with E-state index in [4.69, 9.17) is 15.7 Å². The van der Waals surface area contributed by atoms with Crippen molar-refractivity contribution in [3.8, 4) is 17.2 Å². The molecule has 5 heteroatoms. The third kappa shape index (κ3) is 2.52. The Morgan fingerprint density at radius 3 is 2.50 bits per heavy atom. The predicted molar refractivity (Wildman–Crippen MR) is 67.1 cm³/mol. The molecule has 0 spiro atoms. The van der Waals surface area contributed by atoms with Crippen LogP contribution in [0.2, 0.25) is 0 Å². The lowest BCUT2D eigenvalue weighted by molar-refractivity contribution is 0.318. The molecule has 0 heterocycles. The summed E-state index contributed by atoms with van der Waals surface area (Å²) in [5.74, 6) is 0.760. The van der Waals surface area contributed by atoms with Crippen LogP contribution in [0.3, 0.4) is 0 Å². The first-order valence-corrected chi connectivity index (χ1v) is 5.24. The summed E-state index contributed by atoms with van der Waals surface area (Å²) in [7, 11) is 0. The first-order valence-electron chi connectivity index (χ1n) is 5.24. The molecule has 5 nitrogen and oxygen atoms in total. The number of nitrogens with zero attached hydrogens (tertiary/aromatic N) is 1. The number of phenols is 1. The SMILES string of the molecule is N/C(=N/O)c1ccc(O)c(Oc2ccccc2)c1. The van der Waals surface area contributed by atoms with Crippen LogP contribution in [-0.4, -0.2) is 16.1 Å². The van der Waals surface area contributed by atoms with Gasteiger partial charge in [0.2, 0.25) is 0 Å². The minimum Gasteiger partial charge on any atom is -0.504 e.